The van der Waals surface area contributed by atoms with E-state index in [1.807, 2.05) is 0 Å². The molecule has 3 atom stereocenters. The van der Waals surface area contributed by atoms with E-state index in [2.05, 4.69) is 10.3 Å². The van der Waals surface area contributed by atoms with Gasteiger partial charge in [-0.1, -0.05) is 0 Å². The van der Waals surface area contributed by atoms with Gasteiger partial charge in [-0.15, -0.1) is 0 Å². The number of rotatable bonds is 2. The topological polar surface area (TPSA) is 82.6 Å². The third kappa shape index (κ3) is 3.40. The van der Waals surface area contributed by atoms with Gasteiger partial charge in [-0.2, -0.15) is 0 Å². The molecule has 1 aromatic rings. The molecule has 0 spiro atoms. The molecule has 3 unspecified atom stereocenters. The molecule has 144 valence electrons. The maximum atomic E-state index is 13.8. The summed E-state index contributed by atoms with van der Waals surface area (Å²) < 4.78 is 13.8. The quantitative estimate of drug-likeness (QED) is 0.855. The third-order valence-electron chi connectivity index (χ3n) is 5.91. The Hall–Kier alpha value is -2.51. The molecule has 0 radical (unpaired) electrons. The highest BCUT2D eigenvalue weighted by Crippen LogP contribution is 2.33. The molecule has 4 rings (SSSR count). The van der Waals surface area contributed by atoms with E-state index in [1.54, 1.807) is 29.4 Å². The zero-order valence-electron chi connectivity index (χ0n) is 15.0. The molecular formula is C19H23FN4O3. The third-order valence-corrected chi connectivity index (χ3v) is 5.91. The van der Waals surface area contributed by atoms with E-state index in [4.69, 9.17) is 0 Å². The number of hydrogen-bond acceptors (Lipinski definition) is 4. The SMILES string of the molecule is O=C(c1ccncc1)N1CCC(N2C(=O)NC3CCC(F)CC3C2=O)CC1. The molecule has 7 nitrogen and oxygen atoms in total. The maximum absolute atomic E-state index is 13.8. The molecule has 1 aliphatic carbocycles. The predicted molar refractivity (Wildman–Crippen MR) is 94.6 cm³/mol. The molecule has 3 aliphatic rings. The Bertz CT molecular complexity index is 736. The lowest BCUT2D eigenvalue weighted by molar-refractivity contribution is -0.140. The molecule has 3 fully saturated rings. The van der Waals surface area contributed by atoms with Crippen LogP contribution in [0, 0.1) is 5.92 Å². The van der Waals surface area contributed by atoms with Gasteiger partial charge in [-0.3, -0.25) is 19.5 Å². The van der Waals surface area contributed by atoms with Crippen LogP contribution in [0.3, 0.4) is 0 Å². The molecule has 0 aromatic carbocycles. The van der Waals surface area contributed by atoms with Crippen LogP contribution in [0.5, 0.6) is 0 Å². The molecule has 1 saturated carbocycles. The second-order valence-electron chi connectivity index (χ2n) is 7.54. The van der Waals surface area contributed by atoms with Crippen molar-refractivity contribution in [1.29, 1.82) is 0 Å². The largest absolute Gasteiger partial charge is 0.338 e. The zero-order valence-corrected chi connectivity index (χ0v) is 15.0. The summed E-state index contributed by atoms with van der Waals surface area (Å²) in [4.78, 5) is 44.8. The lowest BCUT2D eigenvalue weighted by atomic mass is 9.80. The summed E-state index contributed by atoms with van der Waals surface area (Å²) in [6.45, 7) is 0.950. The van der Waals surface area contributed by atoms with Crippen molar-refractivity contribution in [2.75, 3.05) is 13.1 Å². The molecule has 0 bridgehead atoms. The number of amides is 4. The fourth-order valence-electron chi connectivity index (χ4n) is 4.42. The van der Waals surface area contributed by atoms with Crippen molar-refractivity contribution in [2.45, 2.75) is 50.4 Å². The normalized spacial score (nSPS) is 29.3. The van der Waals surface area contributed by atoms with Gasteiger partial charge in [-0.25, -0.2) is 9.18 Å². The van der Waals surface area contributed by atoms with Crippen LogP contribution in [-0.4, -0.2) is 64.0 Å². The number of nitrogens with one attached hydrogen (secondary N) is 1. The number of urea groups is 1. The Morgan fingerprint density at radius 2 is 1.81 bits per heavy atom. The predicted octanol–water partition coefficient (Wildman–Crippen LogP) is 1.74. The second kappa shape index (κ2) is 7.25. The van der Waals surface area contributed by atoms with Crippen LogP contribution in [-0.2, 0) is 4.79 Å². The first-order valence-corrected chi connectivity index (χ1v) is 9.51. The first-order chi connectivity index (χ1) is 13.0. The molecule has 27 heavy (non-hydrogen) atoms. The number of carbonyl (C=O) groups is 3. The second-order valence-corrected chi connectivity index (χ2v) is 7.54. The van der Waals surface area contributed by atoms with Gasteiger partial charge in [-0.05, 0) is 44.2 Å². The summed E-state index contributed by atoms with van der Waals surface area (Å²) in [7, 11) is 0. The van der Waals surface area contributed by atoms with Crippen molar-refractivity contribution in [2.24, 2.45) is 5.92 Å². The maximum Gasteiger partial charge on any atom is 0.324 e. The van der Waals surface area contributed by atoms with Crippen molar-refractivity contribution < 1.29 is 18.8 Å². The number of hydrogen-bond donors (Lipinski definition) is 1. The van der Waals surface area contributed by atoms with Gasteiger partial charge in [0.1, 0.15) is 6.17 Å². The van der Waals surface area contributed by atoms with E-state index in [0.29, 0.717) is 44.3 Å². The van der Waals surface area contributed by atoms with Crippen LogP contribution in [0.1, 0.15) is 42.5 Å². The van der Waals surface area contributed by atoms with E-state index in [-0.39, 0.29) is 36.3 Å². The minimum Gasteiger partial charge on any atom is -0.338 e. The molecule has 1 aromatic heterocycles. The van der Waals surface area contributed by atoms with E-state index in [1.165, 1.54) is 4.90 Å². The molecule has 2 saturated heterocycles. The lowest BCUT2D eigenvalue weighted by Gasteiger charge is -2.45. The van der Waals surface area contributed by atoms with E-state index in [9.17, 15) is 18.8 Å². The summed E-state index contributed by atoms with van der Waals surface area (Å²) in [6, 6.07) is 2.47. The highest BCUT2D eigenvalue weighted by atomic mass is 19.1. The lowest BCUT2D eigenvalue weighted by Crippen LogP contribution is -2.65. The summed E-state index contributed by atoms with van der Waals surface area (Å²) >= 11 is 0. The van der Waals surface area contributed by atoms with Crippen molar-refractivity contribution in [3.63, 3.8) is 0 Å². The number of alkyl halides is 1. The monoisotopic (exact) mass is 374 g/mol. The minimum absolute atomic E-state index is 0.0714. The number of piperidine rings is 1. The van der Waals surface area contributed by atoms with Gasteiger partial charge in [0.15, 0.2) is 0 Å². The Balaban J connectivity index is 1.41. The molecule has 8 heteroatoms. The molecule has 2 aliphatic heterocycles. The van der Waals surface area contributed by atoms with Crippen molar-refractivity contribution >= 4 is 17.8 Å². The number of fused-ring (bicyclic) bond motifs is 1. The zero-order chi connectivity index (χ0) is 19.0. The Morgan fingerprint density at radius 1 is 1.11 bits per heavy atom. The van der Waals surface area contributed by atoms with Gasteiger partial charge in [0, 0.05) is 43.1 Å². The highest BCUT2D eigenvalue weighted by molar-refractivity contribution is 5.99. The Morgan fingerprint density at radius 3 is 2.52 bits per heavy atom. The fourth-order valence-corrected chi connectivity index (χ4v) is 4.42. The van der Waals surface area contributed by atoms with Crippen LogP contribution in [0.4, 0.5) is 9.18 Å². The van der Waals surface area contributed by atoms with Crippen molar-refractivity contribution in [3.8, 4) is 0 Å². The number of carbonyl (C=O) groups excluding carboxylic acids is 3. The van der Waals surface area contributed by atoms with Crippen LogP contribution in [0.2, 0.25) is 0 Å². The minimum atomic E-state index is -0.980. The highest BCUT2D eigenvalue weighted by Gasteiger charge is 2.47. The Kier molecular flexibility index (Phi) is 4.80. The molecular weight excluding hydrogens is 351 g/mol. The van der Waals surface area contributed by atoms with E-state index in [0.717, 1.165) is 0 Å². The first kappa shape index (κ1) is 17.9. The van der Waals surface area contributed by atoms with Crippen molar-refractivity contribution in [3.05, 3.63) is 30.1 Å². The standard InChI is InChI=1S/C19H23FN4O3/c20-13-1-2-16-15(11-13)18(26)24(19(27)22-16)14-5-9-23(10-6-14)17(25)12-3-7-21-8-4-12/h3-4,7-8,13-16H,1-2,5-6,9-11H2,(H,22,27). The van der Waals surface area contributed by atoms with Crippen LogP contribution in [0.15, 0.2) is 24.5 Å². The Labute approximate surface area is 156 Å². The summed E-state index contributed by atoms with van der Waals surface area (Å²) in [5, 5.41) is 2.89. The van der Waals surface area contributed by atoms with Crippen LogP contribution in [0.25, 0.3) is 0 Å². The average molecular weight is 374 g/mol. The fraction of sp³-hybridized carbons (Fsp3) is 0.579. The molecule has 1 N–H and O–H groups in total. The summed E-state index contributed by atoms with van der Waals surface area (Å²) in [6.07, 6.45) is 4.33. The number of nitrogens with zero attached hydrogens (tertiary/aromatic N) is 3. The number of likely N-dealkylation sites (tertiary alicyclic amines) is 1. The number of aromatic nitrogens is 1. The van der Waals surface area contributed by atoms with E-state index >= 15 is 0 Å². The van der Waals surface area contributed by atoms with Crippen LogP contribution < -0.4 is 5.32 Å². The van der Waals surface area contributed by atoms with Crippen LogP contribution >= 0.6 is 0 Å². The number of imide groups is 1. The number of halogens is 1. The van der Waals surface area contributed by atoms with Gasteiger partial charge in [0.05, 0.1) is 5.92 Å². The molecule has 4 amide bonds. The van der Waals surface area contributed by atoms with E-state index < -0.39 is 12.1 Å². The molecule has 3 heterocycles. The first-order valence-electron chi connectivity index (χ1n) is 9.51. The van der Waals surface area contributed by atoms with Gasteiger partial charge in [0.2, 0.25) is 5.91 Å². The summed E-state index contributed by atoms with van der Waals surface area (Å²) in [5.41, 5.74) is 0.578. The average Bonchev–Trinajstić information content (AvgIpc) is 2.69. The van der Waals surface area contributed by atoms with Gasteiger partial charge >= 0.3 is 6.03 Å². The van der Waals surface area contributed by atoms with Gasteiger partial charge in [0.25, 0.3) is 5.91 Å². The number of pyridine rings is 1. The smallest absolute Gasteiger partial charge is 0.324 e. The van der Waals surface area contributed by atoms with Crippen molar-refractivity contribution in [1.82, 2.24) is 20.1 Å². The summed E-state index contributed by atoms with van der Waals surface area (Å²) in [5.74, 6) is -0.800. The van der Waals surface area contributed by atoms with Gasteiger partial charge < -0.3 is 10.2 Å².